The van der Waals surface area contributed by atoms with E-state index in [9.17, 15) is 9.59 Å². The Morgan fingerprint density at radius 3 is 3.00 bits per heavy atom. The summed E-state index contributed by atoms with van der Waals surface area (Å²) in [7, 11) is 0. The molecule has 6 nitrogen and oxygen atoms in total. The summed E-state index contributed by atoms with van der Waals surface area (Å²) in [6.45, 7) is 7.74. The first-order valence-corrected chi connectivity index (χ1v) is 7.31. The van der Waals surface area contributed by atoms with Crippen LogP contribution in [-0.2, 0) is 4.79 Å². The summed E-state index contributed by atoms with van der Waals surface area (Å²) < 4.78 is 5.70. The van der Waals surface area contributed by atoms with Crippen LogP contribution >= 0.6 is 0 Å². The standard InChI is InChI=1S/C16H21N3O3/c1-4-8-17-16(21)18-10(3)11-6-7-12-14(9-11)22-13(5-2)15(20)19-12/h4,6-7,9-10,13H,1,5,8H2,2-3H3,(H,19,20)(H2,17,18,21)/t10-,13+/m1/s1. The van der Waals surface area contributed by atoms with Crippen LogP contribution in [0.15, 0.2) is 30.9 Å². The molecule has 0 radical (unpaired) electrons. The fraction of sp³-hybridized carbons (Fsp3) is 0.375. The number of rotatable bonds is 5. The van der Waals surface area contributed by atoms with Crippen LogP contribution in [0, 0.1) is 0 Å². The zero-order chi connectivity index (χ0) is 16.1. The smallest absolute Gasteiger partial charge is 0.315 e. The summed E-state index contributed by atoms with van der Waals surface area (Å²) in [6, 6.07) is 5.04. The molecule has 0 unspecified atom stereocenters. The SMILES string of the molecule is C=CCNC(=O)N[C@H](C)c1ccc2c(c1)O[C@@H](CC)C(=O)N2. The molecule has 0 saturated carbocycles. The zero-order valence-electron chi connectivity index (χ0n) is 12.8. The molecule has 0 spiro atoms. The van der Waals surface area contributed by atoms with Gasteiger partial charge in [0.2, 0.25) is 0 Å². The Balaban J connectivity index is 2.09. The first kappa shape index (κ1) is 15.9. The largest absolute Gasteiger partial charge is 0.478 e. The summed E-state index contributed by atoms with van der Waals surface area (Å²) >= 11 is 0. The Morgan fingerprint density at radius 2 is 2.32 bits per heavy atom. The molecule has 0 aromatic heterocycles. The molecule has 1 aromatic rings. The topological polar surface area (TPSA) is 79.5 Å². The average molecular weight is 303 g/mol. The van der Waals surface area contributed by atoms with Gasteiger partial charge in [0, 0.05) is 6.54 Å². The minimum Gasteiger partial charge on any atom is -0.478 e. The Kier molecular flexibility index (Phi) is 5.04. The van der Waals surface area contributed by atoms with Crippen molar-refractivity contribution in [3.8, 4) is 5.75 Å². The lowest BCUT2D eigenvalue weighted by atomic mass is 10.1. The third-order valence-corrected chi connectivity index (χ3v) is 3.45. The summed E-state index contributed by atoms with van der Waals surface area (Å²) in [5.74, 6) is 0.502. The number of urea groups is 1. The van der Waals surface area contributed by atoms with Crippen molar-refractivity contribution in [3.63, 3.8) is 0 Å². The van der Waals surface area contributed by atoms with Gasteiger partial charge in [-0.05, 0) is 31.0 Å². The van der Waals surface area contributed by atoms with Gasteiger partial charge >= 0.3 is 6.03 Å². The van der Waals surface area contributed by atoms with Crippen molar-refractivity contribution in [1.29, 1.82) is 0 Å². The predicted octanol–water partition coefficient (Wildman–Crippen LogP) is 2.34. The molecule has 1 aliphatic heterocycles. The van der Waals surface area contributed by atoms with Gasteiger partial charge in [-0.1, -0.05) is 19.1 Å². The van der Waals surface area contributed by atoms with Crippen molar-refractivity contribution in [3.05, 3.63) is 36.4 Å². The number of carbonyl (C=O) groups is 2. The Morgan fingerprint density at radius 1 is 1.55 bits per heavy atom. The highest BCUT2D eigenvalue weighted by Gasteiger charge is 2.26. The van der Waals surface area contributed by atoms with Crippen molar-refractivity contribution < 1.29 is 14.3 Å². The van der Waals surface area contributed by atoms with E-state index in [0.717, 1.165) is 5.56 Å². The first-order chi connectivity index (χ1) is 10.5. The van der Waals surface area contributed by atoms with Crippen LogP contribution in [0.4, 0.5) is 10.5 Å². The van der Waals surface area contributed by atoms with Crippen molar-refractivity contribution >= 4 is 17.6 Å². The monoisotopic (exact) mass is 303 g/mol. The Labute approximate surface area is 129 Å². The molecule has 2 rings (SSSR count). The highest BCUT2D eigenvalue weighted by Crippen LogP contribution is 2.32. The van der Waals surface area contributed by atoms with Gasteiger partial charge in [-0.15, -0.1) is 6.58 Å². The van der Waals surface area contributed by atoms with E-state index in [1.54, 1.807) is 12.1 Å². The lowest BCUT2D eigenvalue weighted by Gasteiger charge is -2.26. The molecule has 22 heavy (non-hydrogen) atoms. The van der Waals surface area contributed by atoms with Gasteiger partial charge in [-0.25, -0.2) is 4.79 Å². The Bertz CT molecular complexity index is 586. The number of hydrogen-bond acceptors (Lipinski definition) is 3. The van der Waals surface area contributed by atoms with Crippen LogP contribution in [0.5, 0.6) is 5.75 Å². The predicted molar refractivity (Wildman–Crippen MR) is 84.9 cm³/mol. The highest BCUT2D eigenvalue weighted by molar-refractivity contribution is 5.97. The van der Waals surface area contributed by atoms with Crippen LogP contribution in [0.3, 0.4) is 0 Å². The molecule has 1 heterocycles. The third-order valence-electron chi connectivity index (χ3n) is 3.45. The summed E-state index contributed by atoms with van der Waals surface area (Å²) in [5, 5.41) is 8.31. The summed E-state index contributed by atoms with van der Waals surface area (Å²) in [4.78, 5) is 23.4. The number of anilines is 1. The number of ether oxygens (including phenoxy) is 1. The van der Waals surface area contributed by atoms with Gasteiger partial charge in [0.25, 0.3) is 5.91 Å². The fourth-order valence-corrected chi connectivity index (χ4v) is 2.19. The van der Waals surface area contributed by atoms with Crippen LogP contribution in [0.25, 0.3) is 0 Å². The minimum atomic E-state index is -0.470. The molecule has 0 fully saturated rings. The Hall–Kier alpha value is -2.50. The van der Waals surface area contributed by atoms with Gasteiger partial charge in [0.05, 0.1) is 11.7 Å². The van der Waals surface area contributed by atoms with Gasteiger partial charge in [0.1, 0.15) is 5.75 Å². The maximum atomic E-state index is 11.7. The van der Waals surface area contributed by atoms with E-state index < -0.39 is 6.10 Å². The minimum absolute atomic E-state index is 0.127. The maximum Gasteiger partial charge on any atom is 0.315 e. The van der Waals surface area contributed by atoms with Gasteiger partial charge in [-0.3, -0.25) is 4.79 Å². The molecule has 0 bridgehead atoms. The number of hydrogen-bond donors (Lipinski definition) is 3. The van der Waals surface area contributed by atoms with Crippen molar-refractivity contribution in [1.82, 2.24) is 10.6 Å². The van der Waals surface area contributed by atoms with Gasteiger partial charge in [0.15, 0.2) is 6.10 Å². The number of fused-ring (bicyclic) bond motifs is 1. The molecule has 3 N–H and O–H groups in total. The fourth-order valence-electron chi connectivity index (χ4n) is 2.19. The normalized spacial score (nSPS) is 17.5. The highest BCUT2D eigenvalue weighted by atomic mass is 16.5. The zero-order valence-corrected chi connectivity index (χ0v) is 12.8. The molecular formula is C16H21N3O3. The van der Waals surface area contributed by atoms with Crippen LogP contribution in [-0.4, -0.2) is 24.6 Å². The van der Waals surface area contributed by atoms with E-state index >= 15 is 0 Å². The van der Waals surface area contributed by atoms with E-state index in [2.05, 4.69) is 22.5 Å². The molecule has 2 atom stereocenters. The van der Waals surface area contributed by atoms with Crippen LogP contribution < -0.4 is 20.7 Å². The molecule has 1 aliphatic rings. The second-order valence-electron chi connectivity index (χ2n) is 5.12. The lowest BCUT2D eigenvalue weighted by Crippen LogP contribution is -2.37. The first-order valence-electron chi connectivity index (χ1n) is 7.31. The average Bonchev–Trinajstić information content (AvgIpc) is 2.51. The van der Waals surface area contributed by atoms with Crippen molar-refractivity contribution in [2.45, 2.75) is 32.4 Å². The number of nitrogens with one attached hydrogen (secondary N) is 3. The number of benzene rings is 1. The molecular weight excluding hydrogens is 282 g/mol. The van der Waals surface area contributed by atoms with E-state index in [1.165, 1.54) is 0 Å². The third kappa shape index (κ3) is 3.58. The molecule has 118 valence electrons. The maximum absolute atomic E-state index is 11.7. The van der Waals surface area contributed by atoms with Gasteiger partial charge in [-0.2, -0.15) is 0 Å². The van der Waals surface area contributed by atoms with Crippen molar-refractivity contribution in [2.24, 2.45) is 0 Å². The van der Waals surface area contributed by atoms with Crippen LogP contribution in [0.1, 0.15) is 31.9 Å². The number of amides is 3. The molecule has 1 aromatic carbocycles. The van der Waals surface area contributed by atoms with Crippen molar-refractivity contribution in [2.75, 3.05) is 11.9 Å². The summed E-state index contributed by atoms with van der Waals surface area (Å²) in [6.07, 6.45) is 1.75. The van der Waals surface area contributed by atoms with E-state index in [4.69, 9.17) is 4.74 Å². The lowest BCUT2D eigenvalue weighted by molar-refractivity contribution is -0.123. The van der Waals surface area contributed by atoms with E-state index in [0.29, 0.717) is 24.4 Å². The second kappa shape index (κ2) is 6.98. The molecule has 3 amide bonds. The summed E-state index contributed by atoms with van der Waals surface area (Å²) in [5.41, 5.74) is 1.56. The quantitative estimate of drug-likeness (QED) is 0.730. The van der Waals surface area contributed by atoms with E-state index in [1.807, 2.05) is 26.0 Å². The van der Waals surface area contributed by atoms with Crippen LogP contribution in [0.2, 0.25) is 0 Å². The van der Waals surface area contributed by atoms with E-state index in [-0.39, 0.29) is 18.0 Å². The molecule has 0 aliphatic carbocycles. The van der Waals surface area contributed by atoms with Gasteiger partial charge < -0.3 is 20.7 Å². The number of carbonyl (C=O) groups excluding carboxylic acids is 2. The molecule has 6 heteroatoms. The molecule has 0 saturated heterocycles. The second-order valence-corrected chi connectivity index (χ2v) is 5.12.